The molecule has 0 radical (unpaired) electrons. The highest BCUT2D eigenvalue weighted by Crippen LogP contribution is 2.48. The maximum absolute atomic E-state index is 13.1. The van der Waals surface area contributed by atoms with E-state index < -0.39 is 31.7 Å². The molecule has 0 aromatic heterocycles. The van der Waals surface area contributed by atoms with Crippen molar-refractivity contribution >= 4 is 25.2 Å². The van der Waals surface area contributed by atoms with E-state index in [0.717, 1.165) is 16.3 Å². The molecule has 6 heteroatoms. The number of benzene rings is 2. The number of aliphatic hydroxyl groups is 1. The molecule has 5 nitrogen and oxygen atoms in total. The Kier molecular flexibility index (Phi) is 6.30. The molecule has 1 saturated heterocycles. The second-order valence-electron chi connectivity index (χ2n) is 11.6. The van der Waals surface area contributed by atoms with Gasteiger partial charge in [-0.05, 0) is 62.2 Å². The van der Waals surface area contributed by atoms with Crippen molar-refractivity contribution in [1.82, 2.24) is 4.90 Å². The van der Waals surface area contributed by atoms with E-state index in [1.165, 1.54) is 4.90 Å². The lowest BCUT2D eigenvalue weighted by Gasteiger charge is -2.40. The van der Waals surface area contributed by atoms with Gasteiger partial charge in [0.25, 0.3) is 0 Å². The van der Waals surface area contributed by atoms with Crippen LogP contribution in [-0.4, -0.2) is 48.4 Å². The molecule has 1 heterocycles. The minimum atomic E-state index is -2.18. The minimum absolute atomic E-state index is 0.00149. The highest BCUT2D eigenvalue weighted by atomic mass is 28.4. The topological polar surface area (TPSA) is 59.0 Å². The van der Waals surface area contributed by atoms with Crippen molar-refractivity contribution in [3.8, 4) is 0 Å². The highest BCUT2D eigenvalue weighted by molar-refractivity contribution is 6.74. The summed E-state index contributed by atoms with van der Waals surface area (Å²) in [4.78, 5) is 14.6. The van der Waals surface area contributed by atoms with Crippen LogP contribution in [-0.2, 0) is 9.16 Å². The summed E-state index contributed by atoms with van der Waals surface area (Å²) in [5.74, 6) is -0.407. The van der Waals surface area contributed by atoms with Crippen LogP contribution in [0.15, 0.2) is 42.5 Å². The van der Waals surface area contributed by atoms with Gasteiger partial charge < -0.3 is 14.3 Å². The van der Waals surface area contributed by atoms with Gasteiger partial charge in [0, 0.05) is 0 Å². The fourth-order valence-corrected chi connectivity index (χ4v) is 5.56. The molecule has 1 aliphatic heterocycles. The van der Waals surface area contributed by atoms with E-state index in [2.05, 4.69) is 52.1 Å². The molecule has 176 valence electrons. The van der Waals surface area contributed by atoms with Crippen LogP contribution in [0.2, 0.25) is 18.1 Å². The number of fused-ring (bicyclic) bond motifs is 1. The number of nitrogens with zero attached hydrogens (tertiary/aromatic N) is 1. The number of carbonyl (C=O) groups is 1. The van der Waals surface area contributed by atoms with Crippen molar-refractivity contribution < 1.29 is 19.1 Å². The lowest BCUT2D eigenvalue weighted by molar-refractivity contribution is -0.0814. The number of rotatable bonds is 3. The van der Waals surface area contributed by atoms with Gasteiger partial charge in [0.1, 0.15) is 11.3 Å². The maximum atomic E-state index is 13.1. The summed E-state index contributed by atoms with van der Waals surface area (Å²) >= 11 is 0. The van der Waals surface area contributed by atoms with Crippen LogP contribution in [0, 0.1) is 0 Å². The normalized spacial score (nSPS) is 24.8. The van der Waals surface area contributed by atoms with Crippen molar-refractivity contribution in [3.05, 3.63) is 48.0 Å². The SMILES string of the molecule is CC(C)(C)OC(=O)N1C[C@H](O[Si](C)(C)C(C)(C)C)C(c2cccc3ccccc23)[C@]1(C)O. The highest BCUT2D eigenvalue weighted by Gasteiger charge is 2.56. The van der Waals surface area contributed by atoms with Gasteiger partial charge in [-0.3, -0.25) is 4.90 Å². The number of carbonyl (C=O) groups excluding carboxylic acids is 1. The zero-order valence-electron chi connectivity index (χ0n) is 21.0. The van der Waals surface area contributed by atoms with E-state index >= 15 is 0 Å². The molecule has 3 atom stereocenters. The average Bonchev–Trinajstić information content (AvgIpc) is 2.88. The summed E-state index contributed by atoms with van der Waals surface area (Å²) in [6.07, 6.45) is -0.863. The Hall–Kier alpha value is -1.89. The zero-order valence-corrected chi connectivity index (χ0v) is 22.0. The Balaban J connectivity index is 2.11. The summed E-state index contributed by atoms with van der Waals surface area (Å²) in [6.45, 7) is 18.5. The van der Waals surface area contributed by atoms with E-state index in [9.17, 15) is 9.90 Å². The number of hydrogen-bond acceptors (Lipinski definition) is 4. The number of hydrogen-bond donors (Lipinski definition) is 1. The Bertz CT molecular complexity index is 982. The molecule has 0 aliphatic carbocycles. The standard InChI is InChI=1S/C26H39NO4Si/c1-24(2,3)30-23(28)27-17-21(31-32(8,9)25(4,5)6)22(26(27,7)29)20-16-12-14-18-13-10-11-15-19(18)20/h10-16,21-22,29H,17H2,1-9H3/t21-,22?,26-/m0/s1. The molecule has 3 rings (SSSR count). The summed E-state index contributed by atoms with van der Waals surface area (Å²) in [6, 6.07) is 14.3. The third-order valence-corrected chi connectivity index (χ3v) is 11.4. The third kappa shape index (κ3) is 4.73. The van der Waals surface area contributed by atoms with E-state index in [4.69, 9.17) is 9.16 Å². The van der Waals surface area contributed by atoms with Crippen molar-refractivity contribution in [2.24, 2.45) is 0 Å². The van der Waals surface area contributed by atoms with Crippen molar-refractivity contribution in [2.75, 3.05) is 6.54 Å². The second-order valence-corrected chi connectivity index (χ2v) is 16.4. The van der Waals surface area contributed by atoms with Crippen molar-refractivity contribution in [3.63, 3.8) is 0 Å². The Labute approximate surface area is 193 Å². The Morgan fingerprint density at radius 3 is 2.25 bits per heavy atom. The monoisotopic (exact) mass is 457 g/mol. The second kappa shape index (κ2) is 8.15. The molecule has 2 aromatic carbocycles. The summed E-state index contributed by atoms with van der Waals surface area (Å²) in [5.41, 5.74) is -1.12. The smallest absolute Gasteiger partial charge is 0.412 e. The van der Waals surface area contributed by atoms with Crippen LogP contribution in [0.4, 0.5) is 4.79 Å². The number of amides is 1. The molecule has 1 aliphatic rings. The first kappa shape index (κ1) is 24.7. The first-order valence-electron chi connectivity index (χ1n) is 11.4. The number of ether oxygens (including phenoxy) is 1. The van der Waals surface area contributed by atoms with E-state index in [1.807, 2.05) is 45.0 Å². The molecule has 2 aromatic rings. The largest absolute Gasteiger partial charge is 0.444 e. The summed E-state index contributed by atoms with van der Waals surface area (Å²) < 4.78 is 12.5. The van der Waals surface area contributed by atoms with Crippen LogP contribution in [0.1, 0.15) is 59.9 Å². The van der Waals surface area contributed by atoms with Crippen LogP contribution in [0.5, 0.6) is 0 Å². The van der Waals surface area contributed by atoms with Gasteiger partial charge in [0.15, 0.2) is 8.32 Å². The molecule has 0 bridgehead atoms. The molecule has 1 unspecified atom stereocenters. The van der Waals surface area contributed by atoms with Crippen LogP contribution < -0.4 is 0 Å². The van der Waals surface area contributed by atoms with Gasteiger partial charge in [0.2, 0.25) is 0 Å². The van der Waals surface area contributed by atoms with Gasteiger partial charge in [-0.1, -0.05) is 63.2 Å². The van der Waals surface area contributed by atoms with Gasteiger partial charge >= 0.3 is 6.09 Å². The summed E-state index contributed by atoms with van der Waals surface area (Å²) in [7, 11) is -2.18. The van der Waals surface area contributed by atoms with Crippen LogP contribution >= 0.6 is 0 Å². The summed E-state index contributed by atoms with van der Waals surface area (Å²) in [5, 5.41) is 14.0. The molecular formula is C26H39NO4Si. The quantitative estimate of drug-likeness (QED) is 0.552. The average molecular weight is 458 g/mol. The predicted octanol–water partition coefficient (Wildman–Crippen LogP) is 6.27. The van der Waals surface area contributed by atoms with Crippen LogP contribution in [0.25, 0.3) is 10.8 Å². The molecule has 32 heavy (non-hydrogen) atoms. The zero-order chi connectivity index (χ0) is 24.1. The molecule has 1 fully saturated rings. The van der Waals surface area contributed by atoms with E-state index in [1.54, 1.807) is 6.92 Å². The first-order valence-corrected chi connectivity index (χ1v) is 14.3. The molecule has 0 spiro atoms. The van der Waals surface area contributed by atoms with Gasteiger partial charge in [-0.25, -0.2) is 4.79 Å². The lowest BCUT2D eigenvalue weighted by atomic mass is 9.85. The predicted molar refractivity (Wildman–Crippen MR) is 132 cm³/mol. The molecule has 0 saturated carbocycles. The first-order chi connectivity index (χ1) is 14.5. The van der Waals surface area contributed by atoms with Gasteiger partial charge in [0.05, 0.1) is 18.6 Å². The van der Waals surface area contributed by atoms with Gasteiger partial charge in [-0.15, -0.1) is 0 Å². The van der Waals surface area contributed by atoms with Crippen molar-refractivity contribution in [2.45, 2.75) is 89.9 Å². The molecule has 1 amide bonds. The third-order valence-electron chi connectivity index (χ3n) is 6.89. The maximum Gasteiger partial charge on any atom is 0.412 e. The van der Waals surface area contributed by atoms with Gasteiger partial charge in [-0.2, -0.15) is 0 Å². The Morgan fingerprint density at radius 2 is 1.66 bits per heavy atom. The lowest BCUT2D eigenvalue weighted by Crippen LogP contribution is -2.49. The van der Waals surface area contributed by atoms with Crippen molar-refractivity contribution in [1.29, 1.82) is 0 Å². The minimum Gasteiger partial charge on any atom is -0.444 e. The fourth-order valence-electron chi connectivity index (χ4n) is 4.24. The number of likely N-dealkylation sites (tertiary alicyclic amines) is 1. The molecular weight excluding hydrogens is 418 g/mol. The van der Waals surface area contributed by atoms with Crippen LogP contribution in [0.3, 0.4) is 0 Å². The Morgan fingerprint density at radius 1 is 1.06 bits per heavy atom. The van der Waals surface area contributed by atoms with E-state index in [0.29, 0.717) is 0 Å². The molecule has 1 N–H and O–H groups in total. The van der Waals surface area contributed by atoms with E-state index in [-0.39, 0.29) is 17.7 Å². The fraction of sp³-hybridized carbons (Fsp3) is 0.577.